The second kappa shape index (κ2) is 6.12. The van der Waals surface area contributed by atoms with Gasteiger partial charge in [0.2, 0.25) is 0 Å². The van der Waals surface area contributed by atoms with Gasteiger partial charge in [0.05, 0.1) is 0 Å². The fourth-order valence-corrected chi connectivity index (χ4v) is 2.26. The molecule has 0 fully saturated rings. The molecule has 0 aliphatic carbocycles. The Morgan fingerprint density at radius 3 is 2.76 bits per heavy atom. The summed E-state index contributed by atoms with van der Waals surface area (Å²) >= 11 is 0. The molecule has 0 aromatic heterocycles. The molecular formula is C14H22O3. The average molecular weight is 238 g/mol. The van der Waals surface area contributed by atoms with Gasteiger partial charge in [0.25, 0.3) is 0 Å². The van der Waals surface area contributed by atoms with Gasteiger partial charge in [-0.05, 0) is 43.8 Å². The van der Waals surface area contributed by atoms with E-state index in [4.69, 9.17) is 4.74 Å². The molecule has 3 nitrogen and oxygen atoms in total. The summed E-state index contributed by atoms with van der Waals surface area (Å²) in [5.74, 6) is 0.848. The fourth-order valence-electron chi connectivity index (χ4n) is 2.26. The van der Waals surface area contributed by atoms with Gasteiger partial charge in [-0.25, -0.2) is 0 Å². The van der Waals surface area contributed by atoms with E-state index in [9.17, 15) is 9.90 Å². The van der Waals surface area contributed by atoms with E-state index in [1.807, 2.05) is 6.92 Å². The Morgan fingerprint density at radius 1 is 1.59 bits per heavy atom. The van der Waals surface area contributed by atoms with E-state index >= 15 is 0 Å². The van der Waals surface area contributed by atoms with Crippen molar-refractivity contribution < 1.29 is 14.6 Å². The zero-order valence-corrected chi connectivity index (χ0v) is 10.8. The molecule has 1 aliphatic rings. The van der Waals surface area contributed by atoms with Crippen LogP contribution in [-0.4, -0.2) is 23.3 Å². The maximum atomic E-state index is 11.5. The Bertz CT molecular complexity index is 317. The van der Waals surface area contributed by atoms with E-state index in [1.165, 1.54) is 12.2 Å². The van der Waals surface area contributed by atoms with E-state index in [0.29, 0.717) is 18.3 Å². The first-order valence-corrected chi connectivity index (χ1v) is 6.12. The van der Waals surface area contributed by atoms with Crippen LogP contribution in [0.25, 0.3) is 0 Å². The van der Waals surface area contributed by atoms with Crippen molar-refractivity contribution >= 4 is 5.78 Å². The Hall–Kier alpha value is -0.930. The zero-order valence-electron chi connectivity index (χ0n) is 10.8. The van der Waals surface area contributed by atoms with Gasteiger partial charge >= 0.3 is 0 Å². The number of aliphatic hydroxyl groups excluding tert-OH is 1. The van der Waals surface area contributed by atoms with E-state index in [0.717, 1.165) is 12.0 Å². The van der Waals surface area contributed by atoms with Gasteiger partial charge in [-0.2, -0.15) is 0 Å². The topological polar surface area (TPSA) is 46.5 Å². The summed E-state index contributed by atoms with van der Waals surface area (Å²) in [5.41, 5.74) is 1.14. The summed E-state index contributed by atoms with van der Waals surface area (Å²) in [6.45, 7) is 10.3. The number of aliphatic hydroxyl groups is 1. The van der Waals surface area contributed by atoms with E-state index in [2.05, 4.69) is 20.4 Å². The van der Waals surface area contributed by atoms with Crippen LogP contribution in [0.15, 0.2) is 24.3 Å². The summed E-state index contributed by atoms with van der Waals surface area (Å²) in [5, 5.41) is 9.30. The third-order valence-corrected chi connectivity index (χ3v) is 3.22. The molecule has 1 rings (SSSR count). The highest BCUT2D eigenvalue weighted by Crippen LogP contribution is 2.26. The lowest BCUT2D eigenvalue weighted by atomic mass is 9.84. The summed E-state index contributed by atoms with van der Waals surface area (Å²) in [7, 11) is 0. The summed E-state index contributed by atoms with van der Waals surface area (Å²) in [4.78, 5) is 11.5. The van der Waals surface area contributed by atoms with Gasteiger partial charge < -0.3 is 9.84 Å². The molecule has 0 saturated carbocycles. The van der Waals surface area contributed by atoms with Crippen LogP contribution in [0.2, 0.25) is 0 Å². The summed E-state index contributed by atoms with van der Waals surface area (Å²) < 4.78 is 5.20. The minimum atomic E-state index is -0.944. The van der Waals surface area contributed by atoms with E-state index in [-0.39, 0.29) is 5.78 Å². The van der Waals surface area contributed by atoms with Crippen LogP contribution >= 0.6 is 0 Å². The van der Waals surface area contributed by atoms with Crippen molar-refractivity contribution in [3.05, 3.63) is 24.3 Å². The minimum Gasteiger partial charge on any atom is -0.365 e. The van der Waals surface area contributed by atoms with Crippen LogP contribution in [0.5, 0.6) is 0 Å². The highest BCUT2D eigenvalue weighted by atomic mass is 16.6. The second-order valence-electron chi connectivity index (χ2n) is 5.05. The molecule has 0 aromatic carbocycles. The molecule has 1 heterocycles. The third-order valence-electron chi connectivity index (χ3n) is 3.22. The largest absolute Gasteiger partial charge is 0.365 e. The molecular weight excluding hydrogens is 216 g/mol. The summed E-state index contributed by atoms with van der Waals surface area (Å²) in [6.07, 6.45) is 2.83. The lowest BCUT2D eigenvalue weighted by Gasteiger charge is -2.25. The summed E-state index contributed by atoms with van der Waals surface area (Å²) in [6, 6.07) is 0. The molecule has 3 heteroatoms. The molecule has 0 saturated heterocycles. The Balaban J connectivity index is 2.52. The Labute approximate surface area is 103 Å². The van der Waals surface area contributed by atoms with Crippen LogP contribution in [0, 0.1) is 11.8 Å². The Kier molecular flexibility index (Phi) is 5.09. The number of hydrogen-bond acceptors (Lipinski definition) is 3. The molecule has 96 valence electrons. The van der Waals surface area contributed by atoms with Crippen molar-refractivity contribution in [3.8, 4) is 0 Å². The number of rotatable bonds is 5. The van der Waals surface area contributed by atoms with Crippen molar-refractivity contribution in [3.63, 3.8) is 0 Å². The maximum absolute atomic E-state index is 11.5. The SMILES string of the molecule is C=C(C)C(CCC1OC(O)C=CC1=O)C(C)C. The molecule has 3 unspecified atom stereocenters. The lowest BCUT2D eigenvalue weighted by Crippen LogP contribution is -2.32. The van der Waals surface area contributed by atoms with Gasteiger partial charge in [-0.1, -0.05) is 26.0 Å². The lowest BCUT2D eigenvalue weighted by molar-refractivity contribution is -0.149. The molecule has 3 atom stereocenters. The van der Waals surface area contributed by atoms with Gasteiger partial charge in [0, 0.05) is 0 Å². The molecule has 17 heavy (non-hydrogen) atoms. The standard InChI is InChI=1S/C14H22O3/c1-9(2)11(10(3)4)5-7-13-12(15)6-8-14(16)17-13/h6,8,10-11,13-14,16H,1,5,7H2,2-4H3. The molecule has 0 bridgehead atoms. The first-order valence-electron chi connectivity index (χ1n) is 6.12. The Morgan fingerprint density at radius 2 is 2.24 bits per heavy atom. The number of ketones is 1. The third kappa shape index (κ3) is 4.10. The first kappa shape index (κ1) is 14.1. The van der Waals surface area contributed by atoms with Crippen molar-refractivity contribution in [1.82, 2.24) is 0 Å². The van der Waals surface area contributed by atoms with Crippen LogP contribution in [0.1, 0.15) is 33.6 Å². The maximum Gasteiger partial charge on any atom is 0.184 e. The van der Waals surface area contributed by atoms with Crippen molar-refractivity contribution in [1.29, 1.82) is 0 Å². The predicted molar refractivity (Wildman–Crippen MR) is 67.4 cm³/mol. The molecule has 1 aliphatic heterocycles. The van der Waals surface area contributed by atoms with Crippen LogP contribution in [0.3, 0.4) is 0 Å². The number of ether oxygens (including phenoxy) is 1. The van der Waals surface area contributed by atoms with Gasteiger partial charge in [0.1, 0.15) is 6.10 Å². The van der Waals surface area contributed by atoms with Gasteiger partial charge in [-0.3, -0.25) is 4.79 Å². The first-order chi connectivity index (χ1) is 7.91. The molecule has 0 amide bonds. The number of carbonyl (C=O) groups is 1. The van der Waals surface area contributed by atoms with Crippen molar-refractivity contribution in [2.24, 2.45) is 11.8 Å². The van der Waals surface area contributed by atoms with Gasteiger partial charge in [0.15, 0.2) is 12.1 Å². The zero-order chi connectivity index (χ0) is 13.0. The van der Waals surface area contributed by atoms with Crippen LogP contribution in [-0.2, 0) is 9.53 Å². The van der Waals surface area contributed by atoms with Crippen LogP contribution in [0.4, 0.5) is 0 Å². The van der Waals surface area contributed by atoms with E-state index < -0.39 is 12.4 Å². The molecule has 0 radical (unpaired) electrons. The van der Waals surface area contributed by atoms with E-state index in [1.54, 1.807) is 0 Å². The quantitative estimate of drug-likeness (QED) is 0.748. The highest BCUT2D eigenvalue weighted by Gasteiger charge is 2.25. The smallest absolute Gasteiger partial charge is 0.184 e. The van der Waals surface area contributed by atoms with Gasteiger partial charge in [-0.15, -0.1) is 0 Å². The molecule has 0 spiro atoms. The minimum absolute atomic E-state index is 0.0560. The van der Waals surface area contributed by atoms with Crippen molar-refractivity contribution in [2.75, 3.05) is 0 Å². The van der Waals surface area contributed by atoms with Crippen molar-refractivity contribution in [2.45, 2.75) is 46.0 Å². The normalized spacial score (nSPS) is 26.3. The second-order valence-corrected chi connectivity index (χ2v) is 5.05. The molecule has 1 N–H and O–H groups in total. The monoisotopic (exact) mass is 238 g/mol. The number of carbonyl (C=O) groups excluding carboxylic acids is 1. The highest BCUT2D eigenvalue weighted by molar-refractivity contribution is 5.94. The number of allylic oxidation sites excluding steroid dienone is 1. The average Bonchev–Trinajstić information content (AvgIpc) is 2.22. The van der Waals surface area contributed by atoms with Crippen LogP contribution < -0.4 is 0 Å². The number of hydrogen-bond donors (Lipinski definition) is 1. The predicted octanol–water partition coefficient (Wildman–Crippen LogP) is 2.46. The fraction of sp³-hybridized carbons (Fsp3) is 0.643. The molecule has 0 aromatic rings.